The molecule has 2 atom stereocenters. The molecule has 1 N–H and O–H groups in total. The third kappa shape index (κ3) is 3.13. The van der Waals surface area contributed by atoms with Crippen molar-refractivity contribution in [3.05, 3.63) is 34.9 Å². The summed E-state index contributed by atoms with van der Waals surface area (Å²) in [7, 11) is 0. The highest BCUT2D eigenvalue weighted by Crippen LogP contribution is 2.53. The van der Waals surface area contributed by atoms with Crippen molar-refractivity contribution >= 4 is 0 Å². The third-order valence-corrected chi connectivity index (χ3v) is 4.87. The molecule has 3 rings (SSSR count). The van der Waals surface area contributed by atoms with Crippen molar-refractivity contribution in [2.75, 3.05) is 0 Å². The number of aromatic hydroxyl groups is 1. The molecule has 0 radical (unpaired) electrons. The lowest BCUT2D eigenvalue weighted by Crippen LogP contribution is -2.45. The zero-order chi connectivity index (χ0) is 22.5. The standard InChI is InChI=1S/C21H30O2/c1-5-6-7-8-15-12-18(22)20-16-11-14(2)9-10-17(16)21(3,4)23-19(20)13-15/h11-13,16-17,22H,5-10H2,1-4H3/t16-,17-/m1/s1/i3D3,4D3,16D. The Morgan fingerprint density at radius 2 is 2.22 bits per heavy atom. The summed E-state index contributed by atoms with van der Waals surface area (Å²) in [5.41, 5.74) is -0.760. The Kier molecular flexibility index (Phi) is 2.64. The molecule has 126 valence electrons. The van der Waals surface area contributed by atoms with Crippen LogP contribution in [0.5, 0.6) is 11.5 Å². The van der Waals surface area contributed by atoms with Crippen LogP contribution in [0.1, 0.15) is 86.3 Å². The van der Waals surface area contributed by atoms with Gasteiger partial charge < -0.3 is 9.84 Å². The highest BCUT2D eigenvalue weighted by Gasteiger charge is 2.45. The number of ether oxygens (including phenoxy) is 1. The maximum absolute atomic E-state index is 10.8. The van der Waals surface area contributed by atoms with Gasteiger partial charge in [-0.3, -0.25) is 0 Å². The molecule has 1 aromatic carbocycles. The summed E-state index contributed by atoms with van der Waals surface area (Å²) in [6.45, 7) is -2.06. The monoisotopic (exact) mass is 321 g/mol. The zero-order valence-electron chi connectivity index (χ0n) is 20.9. The molecule has 1 aliphatic carbocycles. The molecule has 2 aliphatic rings. The summed E-state index contributed by atoms with van der Waals surface area (Å²) in [6, 6.07) is 3.21. The number of benzene rings is 1. The van der Waals surface area contributed by atoms with Crippen LogP contribution in [0.15, 0.2) is 23.8 Å². The predicted octanol–water partition coefficient (Wildman–Crippen LogP) is 5.74. The van der Waals surface area contributed by atoms with Crippen molar-refractivity contribution in [2.45, 2.75) is 77.6 Å². The molecule has 1 heterocycles. The fourth-order valence-electron chi connectivity index (χ4n) is 3.63. The maximum atomic E-state index is 10.8. The van der Waals surface area contributed by atoms with E-state index in [0.717, 1.165) is 30.4 Å². The minimum Gasteiger partial charge on any atom is -0.507 e. The molecule has 0 bridgehead atoms. The van der Waals surface area contributed by atoms with E-state index in [1.165, 1.54) is 0 Å². The third-order valence-electron chi connectivity index (χ3n) is 4.87. The van der Waals surface area contributed by atoms with Gasteiger partial charge in [-0.2, -0.15) is 0 Å². The first-order valence-corrected chi connectivity index (χ1v) is 8.51. The van der Waals surface area contributed by atoms with E-state index in [4.69, 9.17) is 13.0 Å². The second-order valence-corrected chi connectivity index (χ2v) is 6.82. The zero-order valence-corrected chi connectivity index (χ0v) is 13.9. The lowest BCUT2D eigenvalue weighted by Gasteiger charge is -2.46. The van der Waals surface area contributed by atoms with E-state index in [-0.39, 0.29) is 23.5 Å². The fraction of sp³-hybridized carbons (Fsp3) is 0.619. The van der Waals surface area contributed by atoms with Crippen LogP contribution < -0.4 is 4.74 Å². The van der Waals surface area contributed by atoms with Crippen LogP contribution in [0.4, 0.5) is 0 Å². The summed E-state index contributed by atoms with van der Waals surface area (Å²) in [5.74, 6) is -3.01. The Hall–Kier alpha value is -1.44. The van der Waals surface area contributed by atoms with Crippen LogP contribution in [-0.2, 0) is 6.42 Å². The highest BCUT2D eigenvalue weighted by molar-refractivity contribution is 5.53. The molecule has 2 nitrogen and oxygen atoms in total. The van der Waals surface area contributed by atoms with E-state index < -0.39 is 31.1 Å². The van der Waals surface area contributed by atoms with Crippen LogP contribution in [0.3, 0.4) is 0 Å². The van der Waals surface area contributed by atoms with Gasteiger partial charge in [0.15, 0.2) is 0 Å². The molecule has 0 saturated heterocycles. The molecule has 0 spiro atoms. The second kappa shape index (κ2) is 6.22. The minimum absolute atomic E-state index is 0.00838. The maximum Gasteiger partial charge on any atom is 0.127 e. The van der Waals surface area contributed by atoms with Crippen LogP contribution in [0, 0.1) is 5.92 Å². The van der Waals surface area contributed by atoms with Crippen LogP contribution in [0.25, 0.3) is 0 Å². The summed E-state index contributed by atoms with van der Waals surface area (Å²) in [5, 5.41) is 10.8. The van der Waals surface area contributed by atoms with Gasteiger partial charge in [0.1, 0.15) is 17.1 Å². The van der Waals surface area contributed by atoms with Crippen molar-refractivity contribution in [2.24, 2.45) is 5.92 Å². The topological polar surface area (TPSA) is 29.5 Å². The predicted molar refractivity (Wildman–Crippen MR) is 95.3 cm³/mol. The molecular weight excluding hydrogens is 284 g/mol. The fourth-order valence-corrected chi connectivity index (χ4v) is 3.63. The normalized spacial score (nSPS) is 33.9. The molecule has 1 aromatic rings. The first-order valence-electron chi connectivity index (χ1n) is 12.0. The summed E-state index contributed by atoms with van der Waals surface area (Å²) < 4.78 is 64.1. The molecule has 0 amide bonds. The van der Waals surface area contributed by atoms with Crippen molar-refractivity contribution in [1.82, 2.24) is 0 Å². The Morgan fingerprint density at radius 3 is 2.96 bits per heavy atom. The first-order chi connectivity index (χ1) is 13.8. The Balaban J connectivity index is 2.28. The van der Waals surface area contributed by atoms with E-state index in [1.807, 2.05) is 6.92 Å². The van der Waals surface area contributed by atoms with Gasteiger partial charge in [0.05, 0.1) is 0 Å². The van der Waals surface area contributed by atoms with Crippen molar-refractivity contribution in [3.8, 4) is 11.5 Å². The van der Waals surface area contributed by atoms with Crippen molar-refractivity contribution in [1.29, 1.82) is 0 Å². The van der Waals surface area contributed by atoms with Crippen LogP contribution in [-0.4, -0.2) is 10.7 Å². The number of hydrogen-bond donors (Lipinski definition) is 1. The highest BCUT2D eigenvalue weighted by atomic mass is 16.5. The number of phenolic OH excluding ortho intramolecular Hbond substituents is 1. The van der Waals surface area contributed by atoms with Crippen molar-refractivity contribution in [3.63, 3.8) is 0 Å². The number of phenols is 1. The minimum atomic E-state index is -2.99. The van der Waals surface area contributed by atoms with E-state index in [0.29, 0.717) is 12.8 Å². The number of aryl methyl sites for hydroxylation is 1. The molecule has 0 aromatic heterocycles. The van der Waals surface area contributed by atoms with E-state index in [2.05, 4.69) is 6.92 Å². The van der Waals surface area contributed by atoms with Gasteiger partial charge in [-0.1, -0.05) is 31.4 Å². The van der Waals surface area contributed by atoms with Crippen LogP contribution in [0.2, 0.25) is 0 Å². The molecule has 1 aliphatic heterocycles. The summed E-state index contributed by atoms with van der Waals surface area (Å²) >= 11 is 0. The number of fused-ring (bicyclic) bond motifs is 3. The summed E-state index contributed by atoms with van der Waals surface area (Å²) in [4.78, 5) is 0. The Morgan fingerprint density at radius 1 is 1.39 bits per heavy atom. The molecule has 0 saturated carbocycles. The van der Waals surface area contributed by atoms with Crippen molar-refractivity contribution < 1.29 is 19.4 Å². The quantitative estimate of drug-likeness (QED) is 0.566. The van der Waals surface area contributed by atoms with E-state index in [1.54, 1.807) is 18.2 Å². The van der Waals surface area contributed by atoms with Gasteiger partial charge in [-0.25, -0.2) is 0 Å². The van der Waals surface area contributed by atoms with E-state index in [9.17, 15) is 6.48 Å². The van der Waals surface area contributed by atoms with Gasteiger partial charge >= 0.3 is 0 Å². The Labute approximate surface area is 150 Å². The largest absolute Gasteiger partial charge is 0.507 e. The van der Waals surface area contributed by atoms with Gasteiger partial charge in [-0.15, -0.1) is 0 Å². The number of allylic oxidation sites excluding steroid dienone is 2. The number of unbranched alkanes of at least 4 members (excludes halogenated alkanes) is 2. The average molecular weight is 322 g/mol. The molecule has 2 heteroatoms. The van der Waals surface area contributed by atoms with E-state index >= 15 is 0 Å². The van der Waals surface area contributed by atoms with Gasteiger partial charge in [0.25, 0.3) is 0 Å². The second-order valence-electron chi connectivity index (χ2n) is 6.82. The van der Waals surface area contributed by atoms with Gasteiger partial charge in [0.2, 0.25) is 0 Å². The summed E-state index contributed by atoms with van der Waals surface area (Å²) in [6.07, 6.45) is 5.82. The molecular formula is C21H30O2. The molecule has 0 fully saturated rings. The number of hydrogen-bond acceptors (Lipinski definition) is 2. The van der Waals surface area contributed by atoms with Crippen LogP contribution >= 0.6 is 0 Å². The first kappa shape index (κ1) is 9.76. The average Bonchev–Trinajstić information content (AvgIpc) is 2.57. The number of rotatable bonds is 4. The molecule has 0 unspecified atom stereocenters. The Bertz CT molecular complexity index is 827. The SMILES string of the molecule is [2H]C([2H])([2H])C1(C([2H])([2H])[2H])Oc2cc(CCCCC)cc(O)c2[C@]2([2H])C=C(C)CC[C@@H]12. The smallest absolute Gasteiger partial charge is 0.127 e. The van der Waals surface area contributed by atoms with Gasteiger partial charge in [-0.05, 0) is 64.0 Å². The lowest BCUT2D eigenvalue weighted by atomic mass is 9.68. The lowest BCUT2D eigenvalue weighted by molar-refractivity contribution is 0.0107. The van der Waals surface area contributed by atoms with Gasteiger partial charge in [0, 0.05) is 27.0 Å². The molecule has 23 heavy (non-hydrogen) atoms.